The second-order valence-electron chi connectivity index (χ2n) is 5.17. The number of urea groups is 1. The summed E-state index contributed by atoms with van der Waals surface area (Å²) in [5.41, 5.74) is 4.03. The van der Waals surface area contributed by atoms with Gasteiger partial charge in [-0.1, -0.05) is 0 Å². The first-order valence-electron chi connectivity index (χ1n) is 7.05. The fraction of sp³-hybridized carbons (Fsp3) is 0.500. The monoisotopic (exact) mass is 371 g/mol. The van der Waals surface area contributed by atoms with Crippen molar-refractivity contribution in [3.63, 3.8) is 0 Å². The van der Waals surface area contributed by atoms with E-state index in [1.807, 2.05) is 0 Å². The van der Waals surface area contributed by atoms with E-state index in [4.69, 9.17) is 10.5 Å². The molecule has 0 aliphatic carbocycles. The number of amides is 2. The summed E-state index contributed by atoms with van der Waals surface area (Å²) < 4.78 is 56.7. The number of carbonyl (C=O) groups is 1. The van der Waals surface area contributed by atoms with E-state index in [9.17, 15) is 22.4 Å². The second-order valence-corrected chi connectivity index (χ2v) is 5.17. The zero-order valence-corrected chi connectivity index (χ0v) is 13.4. The number of nitrogens with two attached hydrogens (primary N) is 1. The maximum Gasteiger partial charge on any atom is 0.416 e. The first kappa shape index (κ1) is 20.5. The molecule has 2 amide bonds. The number of halogens is 5. The maximum atomic E-state index is 13.3. The molecule has 0 spiro atoms. The molecule has 1 heterocycles. The Morgan fingerprint density at radius 3 is 2.71 bits per heavy atom. The molecule has 1 atom stereocenters. The number of nitrogens with one attached hydrogen (secondary N) is 1. The highest BCUT2D eigenvalue weighted by Gasteiger charge is 2.32. The number of rotatable bonds is 3. The van der Waals surface area contributed by atoms with Gasteiger partial charge in [-0.2, -0.15) is 13.2 Å². The van der Waals surface area contributed by atoms with Gasteiger partial charge in [-0.25, -0.2) is 9.18 Å². The summed E-state index contributed by atoms with van der Waals surface area (Å²) in [7, 11) is 0. The molecule has 5 nitrogen and oxygen atoms in total. The third-order valence-corrected chi connectivity index (χ3v) is 3.39. The van der Waals surface area contributed by atoms with E-state index in [2.05, 4.69) is 5.32 Å². The van der Waals surface area contributed by atoms with Crippen molar-refractivity contribution in [1.82, 2.24) is 4.90 Å². The lowest BCUT2D eigenvalue weighted by molar-refractivity contribution is -0.137. The lowest BCUT2D eigenvalue weighted by Crippen LogP contribution is -2.47. The van der Waals surface area contributed by atoms with Crippen molar-refractivity contribution >= 4 is 24.1 Å². The molecule has 10 heteroatoms. The van der Waals surface area contributed by atoms with E-state index in [0.717, 1.165) is 6.07 Å². The van der Waals surface area contributed by atoms with Crippen LogP contribution in [-0.4, -0.2) is 43.3 Å². The zero-order valence-electron chi connectivity index (χ0n) is 12.6. The van der Waals surface area contributed by atoms with Gasteiger partial charge in [0.05, 0.1) is 18.3 Å². The highest BCUT2D eigenvalue weighted by molar-refractivity contribution is 5.89. The normalized spacial score (nSPS) is 18.0. The van der Waals surface area contributed by atoms with Gasteiger partial charge in [0, 0.05) is 18.8 Å². The van der Waals surface area contributed by atoms with Crippen LogP contribution in [0.5, 0.6) is 0 Å². The van der Waals surface area contributed by atoms with Crippen LogP contribution < -0.4 is 11.1 Å². The third-order valence-electron chi connectivity index (χ3n) is 3.39. The van der Waals surface area contributed by atoms with Gasteiger partial charge < -0.3 is 20.7 Å². The number of carbonyl (C=O) groups excluding carboxylic acids is 1. The summed E-state index contributed by atoms with van der Waals surface area (Å²) in [6.07, 6.45) is -4.33. The minimum atomic E-state index is -4.69. The Morgan fingerprint density at radius 2 is 2.08 bits per heavy atom. The average molecular weight is 372 g/mol. The predicted molar refractivity (Wildman–Crippen MR) is 82.7 cm³/mol. The first-order valence-corrected chi connectivity index (χ1v) is 7.05. The first-order chi connectivity index (χ1) is 10.8. The minimum absolute atomic E-state index is 0. The van der Waals surface area contributed by atoms with Crippen molar-refractivity contribution in [2.24, 2.45) is 5.73 Å². The fourth-order valence-corrected chi connectivity index (χ4v) is 2.29. The van der Waals surface area contributed by atoms with Crippen molar-refractivity contribution < 1.29 is 27.1 Å². The van der Waals surface area contributed by atoms with Crippen LogP contribution in [0, 0.1) is 5.82 Å². The van der Waals surface area contributed by atoms with E-state index in [1.54, 1.807) is 0 Å². The minimum Gasteiger partial charge on any atom is -0.374 e. The van der Waals surface area contributed by atoms with Crippen LogP contribution in [0.4, 0.5) is 28.0 Å². The van der Waals surface area contributed by atoms with Gasteiger partial charge >= 0.3 is 12.2 Å². The summed E-state index contributed by atoms with van der Waals surface area (Å²) in [4.78, 5) is 13.5. The number of ether oxygens (including phenoxy) is 1. The summed E-state index contributed by atoms with van der Waals surface area (Å²) in [5, 5.41) is 2.29. The standard InChI is InChI=1S/C14H17F4N3O2.ClH/c15-10-5-9(14(16,17)18)6-11(7-10)20-13(22)21-3-4-23-12(8-21)1-2-19;/h5-7,12H,1-4,8,19H2,(H,20,22);1H. The quantitative estimate of drug-likeness (QED) is 0.803. The molecule has 0 bridgehead atoms. The Labute approximate surface area is 142 Å². The van der Waals surface area contributed by atoms with Gasteiger partial charge in [-0.15, -0.1) is 12.4 Å². The number of hydrogen-bond acceptors (Lipinski definition) is 3. The Bertz CT molecular complexity index is 569. The lowest BCUT2D eigenvalue weighted by atomic mass is 10.2. The van der Waals surface area contributed by atoms with Gasteiger partial charge in [0.1, 0.15) is 5.82 Å². The fourth-order valence-electron chi connectivity index (χ4n) is 2.29. The van der Waals surface area contributed by atoms with Crippen LogP contribution in [0.25, 0.3) is 0 Å². The molecular weight excluding hydrogens is 354 g/mol. The molecule has 1 unspecified atom stereocenters. The van der Waals surface area contributed by atoms with Gasteiger partial charge in [-0.3, -0.25) is 0 Å². The van der Waals surface area contributed by atoms with Gasteiger partial charge in [0.2, 0.25) is 0 Å². The maximum absolute atomic E-state index is 13.3. The molecule has 0 radical (unpaired) electrons. The van der Waals surface area contributed by atoms with Gasteiger partial charge in [-0.05, 0) is 31.2 Å². The summed E-state index contributed by atoms with van der Waals surface area (Å²) in [6.45, 7) is 1.30. The molecule has 2 rings (SSSR count). The number of nitrogens with zero attached hydrogens (tertiary/aromatic N) is 1. The summed E-state index contributed by atoms with van der Waals surface area (Å²) in [6, 6.07) is 1.31. The van der Waals surface area contributed by atoms with Crippen LogP contribution in [0.3, 0.4) is 0 Å². The topological polar surface area (TPSA) is 67.6 Å². The molecule has 1 aliphatic heterocycles. The second kappa shape index (κ2) is 8.50. The molecule has 1 aromatic carbocycles. The molecule has 3 N–H and O–H groups in total. The van der Waals surface area contributed by atoms with Crippen LogP contribution in [0.2, 0.25) is 0 Å². The van der Waals surface area contributed by atoms with Crippen LogP contribution in [0.1, 0.15) is 12.0 Å². The lowest BCUT2D eigenvalue weighted by Gasteiger charge is -2.32. The Hall–Kier alpha value is -1.58. The van der Waals surface area contributed by atoms with E-state index in [1.165, 1.54) is 4.90 Å². The molecule has 0 aromatic heterocycles. The van der Waals surface area contributed by atoms with Crippen molar-refractivity contribution in [2.45, 2.75) is 18.7 Å². The highest BCUT2D eigenvalue weighted by Crippen LogP contribution is 2.31. The zero-order chi connectivity index (χ0) is 17.0. The smallest absolute Gasteiger partial charge is 0.374 e. The van der Waals surface area contributed by atoms with E-state index >= 15 is 0 Å². The van der Waals surface area contributed by atoms with E-state index in [0.29, 0.717) is 38.2 Å². The molecule has 1 aromatic rings. The number of alkyl halides is 3. The van der Waals surface area contributed by atoms with Crippen molar-refractivity contribution in [1.29, 1.82) is 0 Å². The number of anilines is 1. The number of morpholine rings is 1. The van der Waals surface area contributed by atoms with Gasteiger partial charge in [0.25, 0.3) is 0 Å². The van der Waals surface area contributed by atoms with Gasteiger partial charge in [0.15, 0.2) is 0 Å². The molecule has 1 fully saturated rings. The summed E-state index contributed by atoms with van der Waals surface area (Å²) >= 11 is 0. The Balaban J connectivity index is 0.00000288. The number of benzene rings is 1. The summed E-state index contributed by atoms with van der Waals surface area (Å²) in [5.74, 6) is -1.07. The largest absolute Gasteiger partial charge is 0.416 e. The molecule has 136 valence electrons. The van der Waals surface area contributed by atoms with Crippen LogP contribution in [-0.2, 0) is 10.9 Å². The SMILES string of the molecule is Cl.NCCC1CN(C(=O)Nc2cc(F)cc(C(F)(F)F)c2)CCO1. The van der Waals surface area contributed by atoms with E-state index in [-0.39, 0.29) is 30.7 Å². The molecule has 24 heavy (non-hydrogen) atoms. The highest BCUT2D eigenvalue weighted by atomic mass is 35.5. The van der Waals surface area contributed by atoms with Crippen LogP contribution in [0.15, 0.2) is 18.2 Å². The molecular formula is C14H18ClF4N3O2. The molecule has 1 aliphatic rings. The van der Waals surface area contributed by atoms with E-state index < -0.39 is 23.6 Å². The Kier molecular flexibility index (Phi) is 7.25. The third kappa shape index (κ3) is 5.50. The van der Waals surface area contributed by atoms with Crippen molar-refractivity contribution in [2.75, 3.05) is 31.6 Å². The van der Waals surface area contributed by atoms with Crippen LogP contribution >= 0.6 is 12.4 Å². The molecule has 1 saturated heterocycles. The van der Waals surface area contributed by atoms with Crippen molar-refractivity contribution in [3.05, 3.63) is 29.6 Å². The predicted octanol–water partition coefficient (Wildman–Crippen LogP) is 2.85. The van der Waals surface area contributed by atoms with Crippen molar-refractivity contribution in [3.8, 4) is 0 Å². The number of hydrogen-bond donors (Lipinski definition) is 2. The Morgan fingerprint density at radius 1 is 1.38 bits per heavy atom. The molecule has 0 saturated carbocycles. The average Bonchev–Trinajstić information content (AvgIpc) is 2.46.